The van der Waals surface area contributed by atoms with Crippen molar-refractivity contribution in [1.82, 2.24) is 20.3 Å². The summed E-state index contributed by atoms with van der Waals surface area (Å²) in [5, 5.41) is 6.43. The van der Waals surface area contributed by atoms with Gasteiger partial charge in [-0.25, -0.2) is 9.97 Å². The van der Waals surface area contributed by atoms with Crippen LogP contribution in [0.2, 0.25) is 0 Å². The summed E-state index contributed by atoms with van der Waals surface area (Å²) in [4.78, 5) is 24.0. The van der Waals surface area contributed by atoms with E-state index in [0.29, 0.717) is 29.7 Å². The number of hydrogen-bond donors (Lipinski definition) is 3. The molecule has 0 spiro atoms. The number of anilines is 1. The fourth-order valence-corrected chi connectivity index (χ4v) is 3.30. The highest BCUT2D eigenvalue weighted by molar-refractivity contribution is 5.83. The van der Waals surface area contributed by atoms with Crippen molar-refractivity contribution in [3.63, 3.8) is 0 Å². The molecule has 1 aliphatic carbocycles. The molecular weight excluding hydrogens is 364 g/mol. The van der Waals surface area contributed by atoms with Gasteiger partial charge in [0.1, 0.15) is 11.6 Å². The normalized spacial score (nSPS) is 15.0. The lowest BCUT2D eigenvalue weighted by atomic mass is 10.0. The van der Waals surface area contributed by atoms with Crippen molar-refractivity contribution >= 4 is 22.6 Å². The molecule has 1 saturated carbocycles. The maximum Gasteiger partial charge on any atom is 0.315 e. The lowest BCUT2D eigenvalue weighted by Crippen LogP contribution is -2.35. The Kier molecular flexibility index (Phi) is 4.93. The minimum atomic E-state index is -3.08. The number of aromatic amines is 1. The number of carbonyl (C=O) groups is 1. The van der Waals surface area contributed by atoms with E-state index in [4.69, 9.17) is 0 Å². The third-order valence-electron chi connectivity index (χ3n) is 4.93. The fraction of sp³-hybridized carbons (Fsp3) is 0.350. The van der Waals surface area contributed by atoms with Crippen LogP contribution >= 0.6 is 0 Å². The highest BCUT2D eigenvalue weighted by Gasteiger charge is 2.29. The van der Waals surface area contributed by atoms with Gasteiger partial charge in [0.05, 0.1) is 11.7 Å². The van der Waals surface area contributed by atoms with Crippen LogP contribution in [-0.4, -0.2) is 34.3 Å². The first-order chi connectivity index (χ1) is 13.5. The number of nitrogens with zero attached hydrogens (tertiary/aromatic N) is 2. The molecule has 146 valence electrons. The molecule has 1 amide bonds. The van der Waals surface area contributed by atoms with Gasteiger partial charge in [0, 0.05) is 42.6 Å². The molecule has 28 heavy (non-hydrogen) atoms. The Balaban J connectivity index is 1.71. The highest BCUT2D eigenvalue weighted by atomic mass is 19.3. The second kappa shape index (κ2) is 7.53. The van der Waals surface area contributed by atoms with Crippen LogP contribution in [0.1, 0.15) is 41.9 Å². The molecule has 2 heterocycles. The van der Waals surface area contributed by atoms with E-state index in [-0.39, 0.29) is 0 Å². The van der Waals surface area contributed by atoms with E-state index in [0.717, 1.165) is 29.3 Å². The zero-order chi connectivity index (χ0) is 19.7. The summed E-state index contributed by atoms with van der Waals surface area (Å²) in [6.07, 6.45) is 1.13. The van der Waals surface area contributed by atoms with Crippen molar-refractivity contribution in [3.05, 3.63) is 53.6 Å². The molecule has 1 aliphatic rings. The number of amides is 1. The number of carbonyl (C=O) groups excluding carboxylic acids is 1. The van der Waals surface area contributed by atoms with Gasteiger partial charge < -0.3 is 15.6 Å². The summed E-state index contributed by atoms with van der Waals surface area (Å²) in [5.41, 5.74) is 2.40. The van der Waals surface area contributed by atoms with Crippen molar-refractivity contribution in [2.24, 2.45) is 0 Å². The predicted molar refractivity (Wildman–Crippen MR) is 102 cm³/mol. The SMILES string of the molecule is CNc1cc(C(Cc2c[nH]c3ccccc23)NC(=O)C(F)F)nc(C2CC2)n1. The van der Waals surface area contributed by atoms with E-state index in [9.17, 15) is 13.6 Å². The number of halogens is 2. The summed E-state index contributed by atoms with van der Waals surface area (Å²) in [6.45, 7) is 0. The maximum absolute atomic E-state index is 12.9. The summed E-state index contributed by atoms with van der Waals surface area (Å²) >= 11 is 0. The van der Waals surface area contributed by atoms with Crippen LogP contribution in [0.15, 0.2) is 36.5 Å². The third kappa shape index (κ3) is 3.81. The van der Waals surface area contributed by atoms with Crippen LogP contribution in [0.5, 0.6) is 0 Å². The molecule has 3 aromatic rings. The molecule has 0 bridgehead atoms. The van der Waals surface area contributed by atoms with E-state index in [2.05, 4.69) is 25.6 Å². The molecule has 0 aliphatic heterocycles. The van der Waals surface area contributed by atoms with E-state index < -0.39 is 18.4 Å². The minimum Gasteiger partial charge on any atom is -0.373 e. The van der Waals surface area contributed by atoms with Gasteiger partial charge in [0.25, 0.3) is 5.91 Å². The molecule has 1 fully saturated rings. The number of hydrogen-bond acceptors (Lipinski definition) is 4. The van der Waals surface area contributed by atoms with Crippen LogP contribution in [0, 0.1) is 0 Å². The van der Waals surface area contributed by atoms with Gasteiger partial charge in [-0.2, -0.15) is 8.78 Å². The predicted octanol–water partition coefficient (Wildman–Crippen LogP) is 3.54. The summed E-state index contributed by atoms with van der Waals surface area (Å²) in [6, 6.07) is 8.76. The molecule has 3 N–H and O–H groups in total. The first-order valence-corrected chi connectivity index (χ1v) is 9.25. The average Bonchev–Trinajstić information content (AvgIpc) is 3.48. The number of fused-ring (bicyclic) bond motifs is 1. The molecule has 8 heteroatoms. The number of nitrogens with one attached hydrogen (secondary N) is 3. The van der Waals surface area contributed by atoms with Gasteiger partial charge in [-0.3, -0.25) is 4.79 Å². The molecule has 4 rings (SSSR count). The van der Waals surface area contributed by atoms with Crippen LogP contribution in [-0.2, 0) is 11.2 Å². The topological polar surface area (TPSA) is 82.7 Å². The lowest BCUT2D eigenvalue weighted by Gasteiger charge is -2.19. The standard InChI is InChI=1S/C20H21F2N5O/c1-23-17-9-16(25-19(27-17)11-6-7-11)15(26-20(28)18(21)22)8-12-10-24-14-5-3-2-4-13(12)14/h2-5,9-11,15,18,24H,6-8H2,1H3,(H,26,28)(H,23,25,27). The Hall–Kier alpha value is -3.03. The zero-order valence-electron chi connectivity index (χ0n) is 15.4. The Labute approximate surface area is 160 Å². The van der Waals surface area contributed by atoms with E-state index in [1.54, 1.807) is 13.1 Å². The Morgan fingerprint density at radius 2 is 2.07 bits per heavy atom. The van der Waals surface area contributed by atoms with Crippen LogP contribution in [0.4, 0.5) is 14.6 Å². The molecule has 6 nitrogen and oxygen atoms in total. The molecule has 1 unspecified atom stereocenters. The number of para-hydroxylation sites is 1. The Bertz CT molecular complexity index is 999. The van der Waals surface area contributed by atoms with Gasteiger partial charge in [-0.05, 0) is 24.5 Å². The van der Waals surface area contributed by atoms with Crippen LogP contribution in [0.25, 0.3) is 10.9 Å². The fourth-order valence-electron chi connectivity index (χ4n) is 3.30. The smallest absolute Gasteiger partial charge is 0.315 e. The highest BCUT2D eigenvalue weighted by Crippen LogP contribution is 2.39. The number of aromatic nitrogens is 3. The second-order valence-electron chi connectivity index (χ2n) is 6.99. The van der Waals surface area contributed by atoms with Crippen LogP contribution < -0.4 is 10.6 Å². The molecule has 0 saturated heterocycles. The van der Waals surface area contributed by atoms with E-state index in [1.807, 2.05) is 30.5 Å². The largest absolute Gasteiger partial charge is 0.373 e. The Morgan fingerprint density at radius 3 is 2.79 bits per heavy atom. The Morgan fingerprint density at radius 1 is 1.29 bits per heavy atom. The first-order valence-electron chi connectivity index (χ1n) is 9.25. The van der Waals surface area contributed by atoms with E-state index >= 15 is 0 Å². The number of rotatable bonds is 7. The summed E-state index contributed by atoms with van der Waals surface area (Å²) < 4.78 is 25.9. The quantitative estimate of drug-likeness (QED) is 0.581. The molecule has 1 atom stereocenters. The van der Waals surface area contributed by atoms with Crippen molar-refractivity contribution in [1.29, 1.82) is 0 Å². The third-order valence-corrected chi connectivity index (χ3v) is 4.93. The molecule has 0 radical (unpaired) electrons. The van der Waals surface area contributed by atoms with Gasteiger partial charge in [-0.15, -0.1) is 0 Å². The number of alkyl halides is 2. The van der Waals surface area contributed by atoms with Crippen molar-refractivity contribution in [2.75, 3.05) is 12.4 Å². The second-order valence-corrected chi connectivity index (χ2v) is 6.99. The maximum atomic E-state index is 12.9. The average molecular weight is 385 g/mol. The van der Waals surface area contributed by atoms with E-state index in [1.165, 1.54) is 0 Å². The van der Waals surface area contributed by atoms with Gasteiger partial charge in [-0.1, -0.05) is 18.2 Å². The lowest BCUT2D eigenvalue weighted by molar-refractivity contribution is -0.132. The minimum absolute atomic E-state index is 0.298. The van der Waals surface area contributed by atoms with Gasteiger partial charge in [0.15, 0.2) is 0 Å². The number of benzene rings is 1. The van der Waals surface area contributed by atoms with Crippen molar-refractivity contribution in [3.8, 4) is 0 Å². The molecular formula is C20H21F2N5O. The van der Waals surface area contributed by atoms with Gasteiger partial charge >= 0.3 is 6.43 Å². The van der Waals surface area contributed by atoms with Crippen LogP contribution in [0.3, 0.4) is 0 Å². The molecule has 1 aromatic carbocycles. The monoisotopic (exact) mass is 385 g/mol. The molecule has 2 aromatic heterocycles. The van der Waals surface area contributed by atoms with Crippen molar-refractivity contribution < 1.29 is 13.6 Å². The summed E-state index contributed by atoms with van der Waals surface area (Å²) in [5.74, 6) is 0.299. The zero-order valence-corrected chi connectivity index (χ0v) is 15.4. The summed E-state index contributed by atoms with van der Waals surface area (Å²) in [7, 11) is 1.75. The first kappa shape index (κ1) is 18.3. The van der Waals surface area contributed by atoms with Gasteiger partial charge in [0.2, 0.25) is 0 Å². The number of H-pyrrole nitrogens is 1. The van der Waals surface area contributed by atoms with Crippen molar-refractivity contribution in [2.45, 2.75) is 37.6 Å².